The molecule has 1 aromatic heterocycles. The van der Waals surface area contributed by atoms with Gasteiger partial charge in [-0.2, -0.15) is 0 Å². The van der Waals surface area contributed by atoms with Crippen LogP contribution in [0.25, 0.3) is 0 Å². The van der Waals surface area contributed by atoms with E-state index in [0.29, 0.717) is 0 Å². The number of anilines is 1. The van der Waals surface area contributed by atoms with Crippen molar-refractivity contribution in [2.45, 2.75) is 25.8 Å². The second kappa shape index (κ2) is 4.58. The van der Waals surface area contributed by atoms with E-state index in [9.17, 15) is 0 Å². The van der Waals surface area contributed by atoms with E-state index >= 15 is 0 Å². The monoisotopic (exact) mass is 295 g/mol. The van der Waals surface area contributed by atoms with Crippen LogP contribution in [0.1, 0.15) is 18.5 Å². The number of aryl methyl sites for hydroxylation is 1. The van der Waals surface area contributed by atoms with Gasteiger partial charge in [0.2, 0.25) is 0 Å². The van der Waals surface area contributed by atoms with Crippen LogP contribution in [0.15, 0.2) is 16.6 Å². The highest BCUT2D eigenvalue weighted by molar-refractivity contribution is 9.10. The lowest BCUT2D eigenvalue weighted by Crippen LogP contribution is -2.44. The second-order valence-electron chi connectivity index (χ2n) is 5.08. The summed E-state index contributed by atoms with van der Waals surface area (Å²) < 4.78 is 1.10. The minimum absolute atomic E-state index is 0.753. The van der Waals surface area contributed by atoms with Gasteiger partial charge in [-0.05, 0) is 60.3 Å². The number of pyridine rings is 1. The van der Waals surface area contributed by atoms with Gasteiger partial charge in [0.05, 0.1) is 5.69 Å². The molecule has 3 nitrogen and oxygen atoms in total. The summed E-state index contributed by atoms with van der Waals surface area (Å²) in [5.74, 6) is 1.95. The Labute approximate surface area is 111 Å². The van der Waals surface area contributed by atoms with E-state index in [-0.39, 0.29) is 0 Å². The molecule has 1 N–H and O–H groups in total. The lowest BCUT2D eigenvalue weighted by atomic mass is 9.93. The molecule has 3 heterocycles. The van der Waals surface area contributed by atoms with E-state index in [1.165, 1.54) is 19.4 Å². The predicted octanol–water partition coefficient (Wildman–Crippen LogP) is 2.34. The molecule has 2 unspecified atom stereocenters. The van der Waals surface area contributed by atoms with Crippen LogP contribution in [0, 0.1) is 12.8 Å². The van der Waals surface area contributed by atoms with Gasteiger partial charge in [-0.25, -0.2) is 4.98 Å². The van der Waals surface area contributed by atoms with E-state index in [4.69, 9.17) is 0 Å². The van der Waals surface area contributed by atoms with Crippen LogP contribution in [0.2, 0.25) is 0 Å². The zero-order chi connectivity index (χ0) is 11.8. The molecule has 0 amide bonds. The smallest absolute Gasteiger partial charge is 0.128 e. The zero-order valence-electron chi connectivity index (χ0n) is 10.1. The van der Waals surface area contributed by atoms with Gasteiger partial charge in [0.15, 0.2) is 0 Å². The van der Waals surface area contributed by atoms with Crippen molar-refractivity contribution in [3.8, 4) is 0 Å². The van der Waals surface area contributed by atoms with Crippen LogP contribution in [0.3, 0.4) is 0 Å². The van der Waals surface area contributed by atoms with Crippen molar-refractivity contribution in [1.29, 1.82) is 0 Å². The number of rotatable bonds is 1. The van der Waals surface area contributed by atoms with Crippen LogP contribution < -0.4 is 10.2 Å². The minimum Gasteiger partial charge on any atom is -0.356 e. The summed E-state index contributed by atoms with van der Waals surface area (Å²) in [5, 5.41) is 3.60. The molecule has 2 atom stereocenters. The summed E-state index contributed by atoms with van der Waals surface area (Å²) in [7, 11) is 0. The van der Waals surface area contributed by atoms with Gasteiger partial charge in [-0.15, -0.1) is 0 Å². The highest BCUT2D eigenvalue weighted by Crippen LogP contribution is 2.28. The van der Waals surface area contributed by atoms with Gasteiger partial charge in [0, 0.05) is 23.6 Å². The van der Waals surface area contributed by atoms with Gasteiger partial charge in [0.1, 0.15) is 5.82 Å². The first kappa shape index (κ1) is 11.5. The minimum atomic E-state index is 0.753. The molecular weight excluding hydrogens is 278 g/mol. The van der Waals surface area contributed by atoms with Crippen molar-refractivity contribution < 1.29 is 0 Å². The molecule has 2 saturated heterocycles. The summed E-state index contributed by atoms with van der Waals surface area (Å²) >= 11 is 3.51. The van der Waals surface area contributed by atoms with Crippen molar-refractivity contribution in [1.82, 2.24) is 10.3 Å². The molecule has 0 saturated carbocycles. The van der Waals surface area contributed by atoms with Gasteiger partial charge < -0.3 is 10.2 Å². The van der Waals surface area contributed by atoms with Gasteiger partial charge >= 0.3 is 0 Å². The predicted molar refractivity (Wildman–Crippen MR) is 73.4 cm³/mol. The lowest BCUT2D eigenvalue weighted by Gasteiger charge is -2.35. The van der Waals surface area contributed by atoms with E-state index < -0.39 is 0 Å². The fourth-order valence-electron chi connectivity index (χ4n) is 2.96. The lowest BCUT2D eigenvalue weighted by molar-refractivity contribution is 0.375. The SMILES string of the molecule is Cc1nc(N2CCC3NCCC3C2)ccc1Br. The number of fused-ring (bicyclic) bond motifs is 1. The van der Waals surface area contributed by atoms with E-state index in [0.717, 1.165) is 41.0 Å². The number of nitrogens with zero attached hydrogens (tertiary/aromatic N) is 2. The maximum Gasteiger partial charge on any atom is 0.128 e. The fraction of sp³-hybridized carbons (Fsp3) is 0.615. The molecule has 4 heteroatoms. The van der Waals surface area contributed by atoms with Crippen LogP contribution in [-0.2, 0) is 0 Å². The molecular formula is C13H18BrN3. The van der Waals surface area contributed by atoms with Crippen LogP contribution in [0.4, 0.5) is 5.82 Å². The molecule has 3 rings (SSSR count). The van der Waals surface area contributed by atoms with Gasteiger partial charge in [0.25, 0.3) is 0 Å². The second-order valence-corrected chi connectivity index (χ2v) is 5.94. The summed E-state index contributed by atoms with van der Waals surface area (Å²) in [5.41, 5.74) is 1.08. The van der Waals surface area contributed by atoms with Crippen molar-refractivity contribution >= 4 is 21.7 Å². The number of hydrogen-bond acceptors (Lipinski definition) is 3. The molecule has 1 aromatic rings. The first-order valence-corrected chi connectivity index (χ1v) is 7.15. The maximum atomic E-state index is 4.67. The summed E-state index contributed by atoms with van der Waals surface area (Å²) in [6.07, 6.45) is 2.57. The topological polar surface area (TPSA) is 28.2 Å². The quantitative estimate of drug-likeness (QED) is 0.862. The average Bonchev–Trinajstić information content (AvgIpc) is 2.79. The molecule has 0 aromatic carbocycles. The Hall–Kier alpha value is -0.610. The number of nitrogens with one attached hydrogen (secondary N) is 1. The molecule has 92 valence electrons. The molecule has 2 aliphatic rings. The molecule has 0 bridgehead atoms. The number of piperidine rings is 1. The third-order valence-corrected chi connectivity index (χ3v) is 4.82. The van der Waals surface area contributed by atoms with Crippen LogP contribution >= 0.6 is 15.9 Å². The third kappa shape index (κ3) is 2.20. The zero-order valence-corrected chi connectivity index (χ0v) is 11.7. The Morgan fingerprint density at radius 1 is 1.41 bits per heavy atom. The van der Waals surface area contributed by atoms with E-state index in [1.54, 1.807) is 0 Å². The molecule has 0 radical (unpaired) electrons. The Bertz CT molecular complexity index is 421. The third-order valence-electron chi connectivity index (χ3n) is 3.99. The van der Waals surface area contributed by atoms with Crippen molar-refractivity contribution in [2.75, 3.05) is 24.5 Å². The highest BCUT2D eigenvalue weighted by atomic mass is 79.9. The fourth-order valence-corrected chi connectivity index (χ4v) is 3.18. The van der Waals surface area contributed by atoms with Crippen molar-refractivity contribution in [3.63, 3.8) is 0 Å². The Balaban J connectivity index is 1.78. The van der Waals surface area contributed by atoms with E-state index in [1.807, 2.05) is 0 Å². The average molecular weight is 296 g/mol. The normalized spacial score (nSPS) is 28.2. The Morgan fingerprint density at radius 3 is 3.12 bits per heavy atom. The van der Waals surface area contributed by atoms with Gasteiger partial charge in [-0.1, -0.05) is 0 Å². The Kier molecular flexibility index (Phi) is 3.09. The number of hydrogen-bond donors (Lipinski definition) is 1. The van der Waals surface area contributed by atoms with Crippen LogP contribution in [-0.4, -0.2) is 30.7 Å². The largest absolute Gasteiger partial charge is 0.356 e. The maximum absolute atomic E-state index is 4.67. The molecule has 2 fully saturated rings. The summed E-state index contributed by atoms with van der Waals surface area (Å²) in [4.78, 5) is 7.11. The first-order chi connectivity index (χ1) is 8.24. The molecule has 2 aliphatic heterocycles. The molecule has 0 spiro atoms. The molecule has 17 heavy (non-hydrogen) atoms. The van der Waals surface area contributed by atoms with Crippen LogP contribution in [0.5, 0.6) is 0 Å². The van der Waals surface area contributed by atoms with Crippen molar-refractivity contribution in [3.05, 3.63) is 22.3 Å². The Morgan fingerprint density at radius 2 is 2.29 bits per heavy atom. The van der Waals surface area contributed by atoms with Gasteiger partial charge in [-0.3, -0.25) is 0 Å². The number of halogens is 1. The molecule has 0 aliphatic carbocycles. The summed E-state index contributed by atoms with van der Waals surface area (Å²) in [6.45, 7) is 5.53. The number of aromatic nitrogens is 1. The standard InChI is InChI=1S/C13H18BrN3/c1-9-11(14)2-3-13(16-9)17-7-5-12-10(8-17)4-6-15-12/h2-3,10,12,15H,4-8H2,1H3. The first-order valence-electron chi connectivity index (χ1n) is 6.35. The van der Waals surface area contributed by atoms with E-state index in [2.05, 4.69) is 50.2 Å². The van der Waals surface area contributed by atoms with Crippen molar-refractivity contribution in [2.24, 2.45) is 5.92 Å². The summed E-state index contributed by atoms with van der Waals surface area (Å²) in [6, 6.07) is 4.99. The highest BCUT2D eigenvalue weighted by Gasteiger charge is 2.32.